The van der Waals surface area contributed by atoms with Gasteiger partial charge in [0.1, 0.15) is 0 Å². The third-order valence-electron chi connectivity index (χ3n) is 3.70. The number of hydrogen-bond donors (Lipinski definition) is 2. The van der Waals surface area contributed by atoms with Crippen LogP contribution in [0.25, 0.3) is 0 Å². The molecule has 0 saturated heterocycles. The lowest BCUT2D eigenvalue weighted by atomic mass is 9.84. The number of halogens is 1. The molecular weight excluding hydrogens is 378 g/mol. The Hall–Kier alpha value is -0.580. The van der Waals surface area contributed by atoms with E-state index in [1.165, 1.54) is 18.2 Å². The van der Waals surface area contributed by atoms with Gasteiger partial charge < -0.3 is 5.73 Å². The summed E-state index contributed by atoms with van der Waals surface area (Å²) in [5.41, 5.74) is 5.76. The summed E-state index contributed by atoms with van der Waals surface area (Å²) in [6, 6.07) is -0.535. The number of sulfonamides is 1. The van der Waals surface area contributed by atoms with Crippen LogP contribution in [0.5, 0.6) is 0 Å². The summed E-state index contributed by atoms with van der Waals surface area (Å²) in [6.45, 7) is 0. The quantitative estimate of drug-likeness (QED) is 0.723. The minimum absolute atomic E-state index is 0.0282. The number of thiocarbonyl (C=S) groups is 1. The van der Waals surface area contributed by atoms with Crippen LogP contribution in [0, 0.1) is 5.92 Å². The van der Waals surface area contributed by atoms with E-state index in [4.69, 9.17) is 18.0 Å². The van der Waals surface area contributed by atoms with E-state index in [9.17, 15) is 8.42 Å². The van der Waals surface area contributed by atoms with Crippen LogP contribution < -0.4 is 10.5 Å². The van der Waals surface area contributed by atoms with Gasteiger partial charge in [0.05, 0.1) is 11.0 Å². The van der Waals surface area contributed by atoms with Crippen LogP contribution in [-0.2, 0) is 17.1 Å². The summed E-state index contributed by atoms with van der Waals surface area (Å²) in [5.74, 6) is 0.144. The molecule has 0 aliphatic heterocycles. The second-order valence-corrected chi connectivity index (χ2v) is 8.06. The molecule has 0 amide bonds. The normalized spacial score (nSPS) is 18.6. The zero-order valence-corrected chi connectivity index (χ0v) is 14.8. The number of nitrogens with one attached hydrogen (secondary N) is 1. The van der Waals surface area contributed by atoms with Gasteiger partial charge >= 0.3 is 0 Å². The smallest absolute Gasteiger partial charge is 0.261 e. The molecule has 1 saturated carbocycles. The Morgan fingerprint density at radius 2 is 2.10 bits per heavy atom. The maximum absolute atomic E-state index is 12.5. The molecule has 1 unspecified atom stereocenters. The highest BCUT2D eigenvalue weighted by Crippen LogP contribution is 2.28. The molecule has 1 aliphatic carbocycles. The molecule has 1 heterocycles. The summed E-state index contributed by atoms with van der Waals surface area (Å²) in [4.78, 5) is 0.178. The molecule has 1 aliphatic rings. The van der Waals surface area contributed by atoms with Crippen molar-refractivity contribution in [2.75, 3.05) is 0 Å². The van der Waals surface area contributed by atoms with Crippen LogP contribution >= 0.6 is 28.1 Å². The second-order valence-electron chi connectivity index (χ2n) is 5.21. The zero-order valence-electron chi connectivity index (χ0n) is 11.6. The fraction of sp³-hybridized carbons (Fsp3) is 0.727. The van der Waals surface area contributed by atoms with Gasteiger partial charge in [-0.25, -0.2) is 13.1 Å². The molecule has 1 aromatic rings. The molecule has 10 heteroatoms. The predicted molar refractivity (Wildman–Crippen MR) is 86.2 cm³/mol. The summed E-state index contributed by atoms with van der Waals surface area (Å²) < 4.78 is 29.1. The molecule has 2 rings (SSSR count). The summed E-state index contributed by atoms with van der Waals surface area (Å²) in [7, 11) is -2.28. The Morgan fingerprint density at radius 3 is 2.57 bits per heavy atom. The Balaban J connectivity index is 2.25. The van der Waals surface area contributed by atoms with Gasteiger partial charge in [0.15, 0.2) is 4.60 Å². The van der Waals surface area contributed by atoms with Crippen LogP contribution in [0.15, 0.2) is 9.63 Å². The van der Waals surface area contributed by atoms with Gasteiger partial charge in [0.25, 0.3) is 10.0 Å². The van der Waals surface area contributed by atoms with Crippen molar-refractivity contribution in [2.45, 2.75) is 43.2 Å². The molecule has 1 aromatic heterocycles. The molecule has 3 N–H and O–H groups in total. The van der Waals surface area contributed by atoms with Gasteiger partial charge in [-0.2, -0.15) is 4.72 Å². The molecule has 0 spiro atoms. The number of nitrogens with two attached hydrogens (primary N) is 1. The van der Waals surface area contributed by atoms with Crippen molar-refractivity contribution in [1.29, 1.82) is 0 Å². The van der Waals surface area contributed by atoms with E-state index in [2.05, 4.69) is 31.0 Å². The van der Waals surface area contributed by atoms with Gasteiger partial charge in [-0.05, 0) is 34.7 Å². The fourth-order valence-corrected chi connectivity index (χ4v) is 5.39. The molecular formula is C11H18BrN5O2S2. The summed E-state index contributed by atoms with van der Waals surface area (Å²) >= 11 is 8.16. The second kappa shape index (κ2) is 6.67. The van der Waals surface area contributed by atoms with Gasteiger partial charge in [0.2, 0.25) is 5.03 Å². The highest BCUT2D eigenvalue weighted by atomic mass is 79.9. The van der Waals surface area contributed by atoms with E-state index < -0.39 is 16.1 Å². The molecule has 21 heavy (non-hydrogen) atoms. The summed E-state index contributed by atoms with van der Waals surface area (Å²) in [5, 5.41) is 7.35. The van der Waals surface area contributed by atoms with E-state index in [1.807, 2.05) is 0 Å². The largest absolute Gasteiger partial charge is 0.392 e. The fourth-order valence-electron chi connectivity index (χ4n) is 2.69. The average molecular weight is 396 g/mol. The van der Waals surface area contributed by atoms with Gasteiger partial charge in [-0.3, -0.25) is 0 Å². The van der Waals surface area contributed by atoms with Crippen molar-refractivity contribution in [1.82, 2.24) is 19.7 Å². The highest BCUT2D eigenvalue weighted by molar-refractivity contribution is 9.10. The standard InChI is InChI=1S/C11H18BrN5O2S2/c1-17-11(9(12)14-16-17)21(18,19)15-8(10(13)20)7-5-3-2-4-6-7/h7-8,15H,2-6H2,1H3,(H2,13,20). The average Bonchev–Trinajstić information content (AvgIpc) is 2.77. The molecule has 118 valence electrons. The number of hydrogen-bond acceptors (Lipinski definition) is 5. The Labute approximate surface area is 137 Å². The molecule has 1 fully saturated rings. The summed E-state index contributed by atoms with van der Waals surface area (Å²) in [6.07, 6.45) is 5.17. The van der Waals surface area contributed by atoms with Crippen molar-refractivity contribution in [2.24, 2.45) is 18.7 Å². The van der Waals surface area contributed by atoms with Gasteiger partial charge in [-0.15, -0.1) is 5.10 Å². The molecule has 7 nitrogen and oxygen atoms in total. The maximum atomic E-state index is 12.5. The third kappa shape index (κ3) is 3.79. The lowest BCUT2D eigenvalue weighted by Gasteiger charge is -2.29. The van der Waals surface area contributed by atoms with Crippen LogP contribution in [0.4, 0.5) is 0 Å². The SMILES string of the molecule is Cn1nnc(Br)c1S(=O)(=O)NC(C(N)=S)C1CCCCC1. The Kier molecular flexibility index (Phi) is 5.33. The van der Waals surface area contributed by atoms with Crippen molar-refractivity contribution < 1.29 is 8.42 Å². The minimum Gasteiger partial charge on any atom is -0.392 e. The van der Waals surface area contributed by atoms with E-state index in [0.717, 1.165) is 25.7 Å². The molecule has 0 aromatic carbocycles. The van der Waals surface area contributed by atoms with E-state index in [1.54, 1.807) is 0 Å². The molecule has 0 bridgehead atoms. The lowest BCUT2D eigenvalue weighted by Crippen LogP contribution is -2.49. The van der Waals surface area contributed by atoms with Crippen LogP contribution in [0.1, 0.15) is 32.1 Å². The van der Waals surface area contributed by atoms with Crippen molar-refractivity contribution in [3.05, 3.63) is 4.60 Å². The number of nitrogens with zero attached hydrogens (tertiary/aromatic N) is 3. The number of rotatable bonds is 5. The highest BCUT2D eigenvalue weighted by Gasteiger charge is 2.33. The monoisotopic (exact) mass is 395 g/mol. The molecule has 0 radical (unpaired) electrons. The topological polar surface area (TPSA) is 103 Å². The van der Waals surface area contributed by atoms with E-state index in [-0.39, 0.29) is 20.5 Å². The van der Waals surface area contributed by atoms with Crippen molar-refractivity contribution in [3.8, 4) is 0 Å². The Bertz CT molecular complexity index is 605. The van der Waals surface area contributed by atoms with Crippen LogP contribution in [0.3, 0.4) is 0 Å². The number of aryl methyl sites for hydroxylation is 1. The molecule has 1 atom stereocenters. The van der Waals surface area contributed by atoms with E-state index in [0.29, 0.717) is 0 Å². The first kappa shape index (κ1) is 16.8. The van der Waals surface area contributed by atoms with Crippen molar-refractivity contribution >= 4 is 43.2 Å². The first-order chi connectivity index (χ1) is 9.83. The van der Waals surface area contributed by atoms with Crippen molar-refractivity contribution in [3.63, 3.8) is 0 Å². The Morgan fingerprint density at radius 1 is 1.48 bits per heavy atom. The minimum atomic E-state index is -3.80. The maximum Gasteiger partial charge on any atom is 0.261 e. The van der Waals surface area contributed by atoms with Gasteiger partial charge in [0, 0.05) is 7.05 Å². The van der Waals surface area contributed by atoms with Crippen LogP contribution in [-0.4, -0.2) is 34.4 Å². The predicted octanol–water partition coefficient (Wildman–Crippen LogP) is 1.09. The van der Waals surface area contributed by atoms with Crippen LogP contribution in [0.2, 0.25) is 0 Å². The van der Waals surface area contributed by atoms with E-state index >= 15 is 0 Å². The number of aromatic nitrogens is 3. The zero-order chi connectivity index (χ0) is 15.6. The lowest BCUT2D eigenvalue weighted by molar-refractivity contribution is 0.330. The third-order valence-corrected chi connectivity index (χ3v) is 6.28. The first-order valence-corrected chi connectivity index (χ1v) is 9.38. The first-order valence-electron chi connectivity index (χ1n) is 6.69. The van der Waals surface area contributed by atoms with Gasteiger partial charge in [-0.1, -0.05) is 36.7 Å².